The monoisotopic (exact) mass is 935 g/mol. The number of allylic oxidation sites excluding steroid dienone is 12. The average molecular weight is 936 g/mol. The Morgan fingerprint density at radius 2 is 0.582 bits per heavy atom. The zero-order valence-corrected chi connectivity index (χ0v) is 44.2. The molecule has 0 fully saturated rings. The van der Waals surface area contributed by atoms with Crippen LogP contribution in [0.5, 0.6) is 0 Å². The lowest BCUT2D eigenvalue weighted by Crippen LogP contribution is -2.30. The molecule has 0 aromatic carbocycles. The van der Waals surface area contributed by atoms with E-state index in [-0.39, 0.29) is 31.1 Å². The second kappa shape index (κ2) is 55.4. The van der Waals surface area contributed by atoms with Crippen LogP contribution in [0.15, 0.2) is 72.9 Å². The first kappa shape index (κ1) is 63.8. The van der Waals surface area contributed by atoms with Gasteiger partial charge in [0.05, 0.1) is 0 Å². The van der Waals surface area contributed by atoms with Gasteiger partial charge in [-0.15, -0.1) is 0 Å². The van der Waals surface area contributed by atoms with Crippen molar-refractivity contribution in [1.82, 2.24) is 0 Å². The Kier molecular flexibility index (Phi) is 52.8. The molecule has 0 aliphatic carbocycles. The molecule has 0 heterocycles. The average Bonchev–Trinajstić information content (AvgIpc) is 3.33. The summed E-state index contributed by atoms with van der Waals surface area (Å²) in [7, 11) is 0. The molecule has 0 radical (unpaired) electrons. The first-order valence-electron chi connectivity index (χ1n) is 28.4. The zero-order valence-electron chi connectivity index (χ0n) is 44.2. The van der Waals surface area contributed by atoms with Gasteiger partial charge in [0.15, 0.2) is 6.10 Å². The van der Waals surface area contributed by atoms with Crippen molar-refractivity contribution in [1.29, 1.82) is 0 Å². The molecule has 0 aromatic heterocycles. The van der Waals surface area contributed by atoms with E-state index in [9.17, 15) is 14.4 Å². The molecule has 0 aliphatic rings. The highest BCUT2D eigenvalue weighted by atomic mass is 16.6. The topological polar surface area (TPSA) is 78.9 Å². The SMILES string of the molecule is CC/C=C\C/C=C\C/C=C\CCCCCCCCCC(=O)OC(COC(=O)CCCCCCC/C=C\CCCCCCC)COC(=O)CCCCCCCCC/C=C\C/C=C\CCCCCC. The maximum atomic E-state index is 12.8. The molecule has 67 heavy (non-hydrogen) atoms. The summed E-state index contributed by atoms with van der Waals surface area (Å²) in [6.45, 7) is 6.50. The second-order valence-electron chi connectivity index (χ2n) is 18.8. The quantitative estimate of drug-likeness (QED) is 0.0262. The summed E-state index contributed by atoms with van der Waals surface area (Å²) in [6, 6.07) is 0. The first-order valence-corrected chi connectivity index (χ1v) is 28.4. The normalized spacial score (nSPS) is 12.6. The molecule has 0 spiro atoms. The summed E-state index contributed by atoms with van der Waals surface area (Å²) in [5.41, 5.74) is 0. The summed E-state index contributed by atoms with van der Waals surface area (Å²) in [6.07, 6.45) is 70.2. The van der Waals surface area contributed by atoms with Crippen LogP contribution in [0, 0.1) is 0 Å². The van der Waals surface area contributed by atoms with Gasteiger partial charge in [-0.1, -0.05) is 222 Å². The highest BCUT2D eigenvalue weighted by Crippen LogP contribution is 2.15. The lowest BCUT2D eigenvalue weighted by Gasteiger charge is -2.18. The molecule has 386 valence electrons. The molecule has 6 nitrogen and oxygen atoms in total. The molecule has 0 rings (SSSR count). The predicted octanol–water partition coefficient (Wildman–Crippen LogP) is 19.0. The molecule has 0 amide bonds. The van der Waals surface area contributed by atoms with Gasteiger partial charge in [-0.05, 0) is 109 Å². The molecular weight excluding hydrogens is 829 g/mol. The van der Waals surface area contributed by atoms with Crippen molar-refractivity contribution in [3.8, 4) is 0 Å². The Morgan fingerprint density at radius 3 is 0.940 bits per heavy atom. The third-order valence-electron chi connectivity index (χ3n) is 12.2. The molecule has 0 aromatic rings. The van der Waals surface area contributed by atoms with Crippen LogP contribution in [-0.4, -0.2) is 37.2 Å². The highest BCUT2D eigenvalue weighted by molar-refractivity contribution is 5.71. The molecule has 6 heteroatoms. The van der Waals surface area contributed by atoms with Crippen molar-refractivity contribution in [2.45, 2.75) is 284 Å². The van der Waals surface area contributed by atoms with Crippen molar-refractivity contribution >= 4 is 17.9 Å². The van der Waals surface area contributed by atoms with Gasteiger partial charge in [0.1, 0.15) is 13.2 Å². The van der Waals surface area contributed by atoms with E-state index in [1.54, 1.807) is 0 Å². The summed E-state index contributed by atoms with van der Waals surface area (Å²) in [4.78, 5) is 38.1. The number of esters is 3. The van der Waals surface area contributed by atoms with Crippen molar-refractivity contribution in [3.63, 3.8) is 0 Å². The van der Waals surface area contributed by atoms with E-state index in [0.717, 1.165) is 103 Å². The van der Waals surface area contributed by atoms with Gasteiger partial charge in [0.25, 0.3) is 0 Å². The van der Waals surface area contributed by atoms with E-state index in [0.29, 0.717) is 19.3 Å². The number of ether oxygens (including phenoxy) is 3. The molecule has 0 saturated heterocycles. The Hall–Kier alpha value is -3.15. The van der Waals surface area contributed by atoms with Gasteiger partial charge in [-0.25, -0.2) is 0 Å². The minimum atomic E-state index is -0.788. The third kappa shape index (κ3) is 53.7. The van der Waals surface area contributed by atoms with Crippen LogP contribution in [-0.2, 0) is 28.6 Å². The third-order valence-corrected chi connectivity index (χ3v) is 12.2. The Bertz CT molecular complexity index is 1260. The Labute approximate surface area is 414 Å². The van der Waals surface area contributed by atoms with Crippen LogP contribution in [0.4, 0.5) is 0 Å². The minimum absolute atomic E-state index is 0.0858. The highest BCUT2D eigenvalue weighted by Gasteiger charge is 2.19. The minimum Gasteiger partial charge on any atom is -0.462 e. The summed E-state index contributed by atoms with van der Waals surface area (Å²) in [5, 5.41) is 0. The van der Waals surface area contributed by atoms with Crippen LogP contribution in [0.1, 0.15) is 278 Å². The van der Waals surface area contributed by atoms with Crippen LogP contribution < -0.4 is 0 Å². The van der Waals surface area contributed by atoms with Crippen LogP contribution in [0.25, 0.3) is 0 Å². The molecule has 0 N–H and O–H groups in total. The van der Waals surface area contributed by atoms with Gasteiger partial charge in [-0.3, -0.25) is 14.4 Å². The number of carbonyl (C=O) groups excluding carboxylic acids is 3. The Balaban J connectivity index is 4.41. The van der Waals surface area contributed by atoms with Crippen LogP contribution in [0.2, 0.25) is 0 Å². The van der Waals surface area contributed by atoms with Gasteiger partial charge < -0.3 is 14.2 Å². The zero-order chi connectivity index (χ0) is 48.6. The predicted molar refractivity (Wildman–Crippen MR) is 288 cm³/mol. The fourth-order valence-electron chi connectivity index (χ4n) is 7.89. The van der Waals surface area contributed by atoms with E-state index in [1.165, 1.54) is 135 Å². The van der Waals surface area contributed by atoms with E-state index < -0.39 is 6.10 Å². The fraction of sp³-hybridized carbons (Fsp3) is 0.754. The van der Waals surface area contributed by atoms with Crippen LogP contribution >= 0.6 is 0 Å². The molecule has 0 saturated carbocycles. The van der Waals surface area contributed by atoms with Gasteiger partial charge in [0, 0.05) is 19.3 Å². The number of rotatable bonds is 51. The van der Waals surface area contributed by atoms with Crippen molar-refractivity contribution in [2.24, 2.45) is 0 Å². The number of unbranched alkanes of at least 4 members (excludes halogenated alkanes) is 28. The van der Waals surface area contributed by atoms with Gasteiger partial charge in [-0.2, -0.15) is 0 Å². The van der Waals surface area contributed by atoms with Gasteiger partial charge in [0.2, 0.25) is 0 Å². The van der Waals surface area contributed by atoms with E-state index in [4.69, 9.17) is 14.2 Å². The Morgan fingerprint density at radius 1 is 0.313 bits per heavy atom. The molecule has 1 unspecified atom stereocenters. The van der Waals surface area contributed by atoms with Crippen molar-refractivity contribution in [2.75, 3.05) is 13.2 Å². The number of hydrogen-bond donors (Lipinski definition) is 0. The molecular formula is C61H106O6. The van der Waals surface area contributed by atoms with Crippen molar-refractivity contribution < 1.29 is 28.6 Å². The first-order chi connectivity index (χ1) is 33.0. The maximum Gasteiger partial charge on any atom is 0.306 e. The largest absolute Gasteiger partial charge is 0.462 e. The van der Waals surface area contributed by atoms with Crippen LogP contribution in [0.3, 0.4) is 0 Å². The smallest absolute Gasteiger partial charge is 0.306 e. The lowest BCUT2D eigenvalue weighted by molar-refractivity contribution is -0.167. The lowest BCUT2D eigenvalue weighted by atomic mass is 10.1. The van der Waals surface area contributed by atoms with E-state index in [1.807, 2.05) is 0 Å². The molecule has 1 atom stereocenters. The van der Waals surface area contributed by atoms with Gasteiger partial charge >= 0.3 is 17.9 Å². The van der Waals surface area contributed by atoms with E-state index >= 15 is 0 Å². The van der Waals surface area contributed by atoms with Crippen molar-refractivity contribution in [3.05, 3.63) is 72.9 Å². The number of hydrogen-bond acceptors (Lipinski definition) is 6. The fourth-order valence-corrected chi connectivity index (χ4v) is 7.89. The standard InChI is InChI=1S/C61H106O6/c1-4-7-10-13-16-19-22-25-28-30-32-33-36-39-42-45-48-51-54-60(63)66-57-58(56-65-59(62)53-50-47-44-41-38-35-27-24-21-18-15-12-9-6-3)67-61(64)55-52-49-46-43-40-37-34-31-29-26-23-20-17-14-11-8-5-2/h8,11,17,19-20,22,24,26-30,58H,4-7,9-10,12-16,18,21,23,25,31-57H2,1-3H3/b11-8-,20-17-,22-19-,27-24-,29-26-,30-28-. The maximum absolute atomic E-state index is 12.8. The summed E-state index contributed by atoms with van der Waals surface area (Å²) < 4.78 is 16.9. The van der Waals surface area contributed by atoms with E-state index in [2.05, 4.69) is 93.7 Å². The summed E-state index contributed by atoms with van der Waals surface area (Å²) in [5.74, 6) is -0.904. The number of carbonyl (C=O) groups is 3. The molecule has 0 bridgehead atoms. The second-order valence-corrected chi connectivity index (χ2v) is 18.8. The summed E-state index contributed by atoms with van der Waals surface area (Å²) >= 11 is 0. The molecule has 0 aliphatic heterocycles.